The van der Waals surface area contributed by atoms with Gasteiger partial charge in [0.2, 0.25) is 5.28 Å². The van der Waals surface area contributed by atoms with E-state index in [1.165, 1.54) is 63.4 Å². The molecule has 1 heterocycles. The van der Waals surface area contributed by atoms with E-state index in [0.29, 0.717) is 5.28 Å². The predicted molar refractivity (Wildman–Crippen MR) is 85.0 cm³/mol. The van der Waals surface area contributed by atoms with E-state index in [0.717, 1.165) is 18.3 Å². The van der Waals surface area contributed by atoms with Crippen LogP contribution in [0, 0.1) is 11.8 Å². The molecule has 0 bridgehead atoms. The van der Waals surface area contributed by atoms with Crippen molar-refractivity contribution in [3.8, 4) is 0 Å². The molecule has 2 rings (SSSR count). The van der Waals surface area contributed by atoms with Crippen LogP contribution in [0.5, 0.6) is 0 Å². The summed E-state index contributed by atoms with van der Waals surface area (Å²) in [6.07, 6.45) is 17.5. The molecule has 1 aromatic heterocycles. The van der Waals surface area contributed by atoms with Gasteiger partial charge in [-0.3, -0.25) is 0 Å². The summed E-state index contributed by atoms with van der Waals surface area (Å²) in [5, 5.41) is 0.348. The number of halogens is 1. The highest BCUT2D eigenvalue weighted by atomic mass is 35.5. The van der Waals surface area contributed by atoms with Crippen molar-refractivity contribution in [3.63, 3.8) is 0 Å². The third-order valence-corrected chi connectivity index (χ3v) is 4.89. The van der Waals surface area contributed by atoms with Crippen LogP contribution in [0.3, 0.4) is 0 Å². The van der Waals surface area contributed by atoms with Crippen molar-refractivity contribution in [2.75, 3.05) is 0 Å². The third-order valence-electron chi connectivity index (χ3n) is 4.70. The number of hydrogen-bond donors (Lipinski definition) is 0. The summed E-state index contributed by atoms with van der Waals surface area (Å²) >= 11 is 5.71. The summed E-state index contributed by atoms with van der Waals surface area (Å²) in [7, 11) is 0. The van der Waals surface area contributed by atoms with Crippen LogP contribution in [-0.4, -0.2) is 9.97 Å². The van der Waals surface area contributed by atoms with Gasteiger partial charge in [-0.15, -0.1) is 0 Å². The number of nitrogens with zero attached hydrogens (tertiary/aromatic N) is 2. The largest absolute Gasteiger partial charge is 0.226 e. The molecule has 1 aromatic rings. The Morgan fingerprint density at radius 1 is 1.00 bits per heavy atom. The molecule has 1 aliphatic rings. The van der Waals surface area contributed by atoms with Crippen LogP contribution in [0.25, 0.3) is 0 Å². The molecule has 1 aliphatic carbocycles. The van der Waals surface area contributed by atoms with E-state index in [2.05, 4.69) is 16.9 Å². The van der Waals surface area contributed by atoms with Crippen LogP contribution in [-0.2, 0) is 6.42 Å². The van der Waals surface area contributed by atoms with Gasteiger partial charge in [-0.25, -0.2) is 9.97 Å². The van der Waals surface area contributed by atoms with Gasteiger partial charge >= 0.3 is 0 Å². The van der Waals surface area contributed by atoms with Gasteiger partial charge in [0, 0.05) is 12.4 Å². The zero-order valence-electron chi connectivity index (χ0n) is 12.7. The van der Waals surface area contributed by atoms with Crippen molar-refractivity contribution in [1.29, 1.82) is 0 Å². The fourth-order valence-corrected chi connectivity index (χ4v) is 3.43. The first-order valence-electron chi connectivity index (χ1n) is 8.24. The molecule has 1 saturated carbocycles. The normalized spacial score (nSPS) is 22.9. The lowest BCUT2D eigenvalue weighted by molar-refractivity contribution is 0.249. The van der Waals surface area contributed by atoms with Crippen LogP contribution in [0.15, 0.2) is 12.4 Å². The second-order valence-corrected chi connectivity index (χ2v) is 6.62. The van der Waals surface area contributed by atoms with Gasteiger partial charge in [-0.2, -0.15) is 0 Å². The molecule has 20 heavy (non-hydrogen) atoms. The van der Waals surface area contributed by atoms with Gasteiger partial charge in [0.15, 0.2) is 0 Å². The lowest BCUT2D eigenvalue weighted by Crippen LogP contribution is -2.15. The standard InChI is InChI=1S/C17H27ClN2/c1-2-3-4-5-14-6-8-15(9-7-14)10-11-16-12-19-17(18)20-13-16/h12-15H,2-11H2,1H3. The number of aryl methyl sites for hydroxylation is 1. The minimum atomic E-state index is 0.348. The SMILES string of the molecule is CCCCCC1CCC(CCc2cnc(Cl)nc2)CC1. The molecule has 0 unspecified atom stereocenters. The maximum atomic E-state index is 5.71. The second kappa shape index (κ2) is 8.61. The average molecular weight is 295 g/mol. The van der Waals surface area contributed by atoms with Gasteiger partial charge < -0.3 is 0 Å². The smallest absolute Gasteiger partial charge is 0.222 e. The van der Waals surface area contributed by atoms with E-state index >= 15 is 0 Å². The van der Waals surface area contributed by atoms with Crippen molar-refractivity contribution >= 4 is 11.6 Å². The molecule has 112 valence electrons. The number of rotatable bonds is 7. The molecule has 3 heteroatoms. The molecule has 0 radical (unpaired) electrons. The minimum Gasteiger partial charge on any atom is -0.226 e. The Morgan fingerprint density at radius 3 is 2.20 bits per heavy atom. The molecule has 0 aromatic carbocycles. The van der Waals surface area contributed by atoms with Gasteiger partial charge in [0.25, 0.3) is 0 Å². The van der Waals surface area contributed by atoms with Crippen LogP contribution >= 0.6 is 11.6 Å². The molecule has 0 spiro atoms. The quantitative estimate of drug-likeness (QED) is 0.493. The average Bonchev–Trinajstić information content (AvgIpc) is 2.48. The number of hydrogen-bond acceptors (Lipinski definition) is 2. The lowest BCUT2D eigenvalue weighted by Gasteiger charge is -2.28. The number of unbranched alkanes of at least 4 members (excludes halogenated alkanes) is 2. The second-order valence-electron chi connectivity index (χ2n) is 6.28. The molecule has 0 amide bonds. The van der Waals surface area contributed by atoms with E-state index in [-0.39, 0.29) is 0 Å². The molecule has 0 aliphatic heterocycles. The van der Waals surface area contributed by atoms with Crippen molar-refractivity contribution in [2.24, 2.45) is 11.8 Å². The zero-order valence-corrected chi connectivity index (χ0v) is 13.4. The Hall–Kier alpha value is -0.630. The molecular formula is C17H27ClN2. The monoisotopic (exact) mass is 294 g/mol. The molecule has 1 fully saturated rings. The fraction of sp³-hybridized carbons (Fsp3) is 0.765. The first-order valence-corrected chi connectivity index (χ1v) is 8.62. The Labute approximate surface area is 128 Å². The van der Waals surface area contributed by atoms with Crippen LogP contribution in [0.4, 0.5) is 0 Å². The topological polar surface area (TPSA) is 25.8 Å². The first-order chi connectivity index (χ1) is 9.78. The highest BCUT2D eigenvalue weighted by Gasteiger charge is 2.20. The molecule has 0 saturated heterocycles. The summed E-state index contributed by atoms with van der Waals surface area (Å²) in [4.78, 5) is 8.10. The zero-order chi connectivity index (χ0) is 14.2. The Balaban J connectivity index is 1.63. The highest BCUT2D eigenvalue weighted by molar-refractivity contribution is 6.28. The van der Waals surface area contributed by atoms with Gasteiger partial charge in [0.1, 0.15) is 0 Å². The van der Waals surface area contributed by atoms with Crippen molar-refractivity contribution in [2.45, 2.75) is 71.1 Å². The summed E-state index contributed by atoms with van der Waals surface area (Å²) in [5.41, 5.74) is 1.22. The molecule has 2 nitrogen and oxygen atoms in total. The van der Waals surface area contributed by atoms with E-state index < -0.39 is 0 Å². The fourth-order valence-electron chi connectivity index (χ4n) is 3.33. The molecule has 0 N–H and O–H groups in total. The summed E-state index contributed by atoms with van der Waals surface area (Å²) in [6.45, 7) is 2.29. The Kier molecular flexibility index (Phi) is 6.78. The van der Waals surface area contributed by atoms with Crippen molar-refractivity contribution in [3.05, 3.63) is 23.2 Å². The van der Waals surface area contributed by atoms with Crippen LogP contribution < -0.4 is 0 Å². The van der Waals surface area contributed by atoms with Crippen LogP contribution in [0.1, 0.15) is 70.3 Å². The lowest BCUT2D eigenvalue weighted by atomic mass is 9.78. The van der Waals surface area contributed by atoms with Crippen molar-refractivity contribution < 1.29 is 0 Å². The summed E-state index contributed by atoms with van der Waals surface area (Å²) < 4.78 is 0. The van der Waals surface area contributed by atoms with E-state index in [9.17, 15) is 0 Å². The summed E-state index contributed by atoms with van der Waals surface area (Å²) in [5.74, 6) is 1.92. The van der Waals surface area contributed by atoms with E-state index in [4.69, 9.17) is 11.6 Å². The third kappa shape index (κ3) is 5.40. The van der Waals surface area contributed by atoms with Gasteiger partial charge in [0.05, 0.1) is 0 Å². The van der Waals surface area contributed by atoms with E-state index in [1.54, 1.807) is 0 Å². The van der Waals surface area contributed by atoms with Crippen molar-refractivity contribution in [1.82, 2.24) is 9.97 Å². The van der Waals surface area contributed by atoms with E-state index in [1.807, 2.05) is 12.4 Å². The maximum absolute atomic E-state index is 5.71. The maximum Gasteiger partial charge on any atom is 0.222 e. The predicted octanol–water partition coefficient (Wildman–Crippen LogP) is 5.45. The van der Waals surface area contributed by atoms with Gasteiger partial charge in [-0.1, -0.05) is 58.3 Å². The Bertz CT molecular complexity index is 369. The first kappa shape index (κ1) is 15.8. The summed E-state index contributed by atoms with van der Waals surface area (Å²) in [6, 6.07) is 0. The molecular weight excluding hydrogens is 268 g/mol. The van der Waals surface area contributed by atoms with Crippen LogP contribution in [0.2, 0.25) is 5.28 Å². The van der Waals surface area contributed by atoms with Gasteiger partial charge in [-0.05, 0) is 41.8 Å². The minimum absolute atomic E-state index is 0.348. The molecule has 0 atom stereocenters. The highest BCUT2D eigenvalue weighted by Crippen LogP contribution is 2.34. The Morgan fingerprint density at radius 2 is 1.60 bits per heavy atom. The number of aromatic nitrogens is 2.